The van der Waals surface area contributed by atoms with Crippen molar-refractivity contribution >= 4 is 0 Å². The summed E-state index contributed by atoms with van der Waals surface area (Å²) in [5, 5.41) is 0. The third-order valence-electron chi connectivity index (χ3n) is 14.1. The summed E-state index contributed by atoms with van der Waals surface area (Å²) in [6, 6.07) is 54.1. The first-order valence-electron chi connectivity index (χ1n) is 21.8. The lowest BCUT2D eigenvalue weighted by molar-refractivity contribution is 0.416. The zero-order valence-corrected chi connectivity index (χ0v) is 36.4. The Labute approximate surface area is 360 Å². The Balaban J connectivity index is 1.07. The second-order valence-electron chi connectivity index (χ2n) is 18.5. The van der Waals surface area contributed by atoms with Crippen molar-refractivity contribution in [2.45, 2.75) is 72.6 Å². The first kappa shape index (κ1) is 37.4. The molecule has 0 atom stereocenters. The average molecular weight is 791 g/mol. The van der Waals surface area contributed by atoms with E-state index in [0.29, 0.717) is 0 Å². The Hall–Kier alpha value is -6.64. The van der Waals surface area contributed by atoms with Crippen LogP contribution in [0.4, 0.5) is 0 Å². The highest BCUT2D eigenvalue weighted by Gasteiger charge is 2.40. The predicted octanol–water partition coefficient (Wildman–Crippen LogP) is 16.4. The van der Waals surface area contributed by atoms with Gasteiger partial charge in [-0.15, -0.1) is 0 Å². The molecule has 0 radical (unpaired) electrons. The van der Waals surface area contributed by atoms with Crippen molar-refractivity contribution in [2.24, 2.45) is 0 Å². The molecule has 0 unspecified atom stereocenters. The van der Waals surface area contributed by atoms with Gasteiger partial charge in [0.1, 0.15) is 23.0 Å². The van der Waals surface area contributed by atoms with Gasteiger partial charge < -0.3 is 9.47 Å². The molecule has 0 aromatic heterocycles. The number of hydrogen-bond donors (Lipinski definition) is 0. The van der Waals surface area contributed by atoms with Crippen LogP contribution in [0.5, 0.6) is 23.0 Å². The second-order valence-corrected chi connectivity index (χ2v) is 18.5. The van der Waals surface area contributed by atoms with Gasteiger partial charge in [0, 0.05) is 44.2 Å². The van der Waals surface area contributed by atoms with Gasteiger partial charge in [-0.2, -0.15) is 0 Å². The zero-order valence-electron chi connectivity index (χ0n) is 36.4. The van der Waals surface area contributed by atoms with E-state index in [2.05, 4.69) is 201 Å². The molecular formula is C59H50O2. The van der Waals surface area contributed by atoms with E-state index in [-0.39, 0.29) is 10.8 Å². The van der Waals surface area contributed by atoms with Crippen LogP contribution < -0.4 is 9.47 Å². The number of aryl methyl sites for hydroxylation is 4. The Kier molecular flexibility index (Phi) is 8.23. The van der Waals surface area contributed by atoms with Crippen molar-refractivity contribution < 1.29 is 9.47 Å². The molecule has 2 aliphatic heterocycles. The summed E-state index contributed by atoms with van der Waals surface area (Å²) >= 11 is 0. The van der Waals surface area contributed by atoms with Crippen molar-refractivity contribution in [1.82, 2.24) is 0 Å². The average Bonchev–Trinajstić information content (AvgIpc) is 3.25. The highest BCUT2D eigenvalue weighted by molar-refractivity contribution is 6.04. The largest absolute Gasteiger partial charge is 0.456 e. The number of benzene rings is 8. The lowest BCUT2D eigenvalue weighted by Gasteiger charge is -2.38. The Morgan fingerprint density at radius 3 is 1.48 bits per heavy atom. The molecule has 2 heterocycles. The summed E-state index contributed by atoms with van der Waals surface area (Å²) in [5.74, 6) is 3.79. The van der Waals surface area contributed by atoms with E-state index in [0.717, 1.165) is 40.5 Å². The van der Waals surface area contributed by atoms with E-state index in [9.17, 15) is 0 Å². The van der Waals surface area contributed by atoms with Gasteiger partial charge in [-0.25, -0.2) is 0 Å². The standard InChI is InChI=1S/C59H50O2/c1-9-37-25-29-50-57(60-52-30-34(2)22-27-48(52)58(50,5)6)55(37)46-33-51-53(31-36(46)4)61-56-49(59(51,7)8)28-23-35(3)54(56)38-24-26-45-43-20-13-12-18-41(43)39-16-10-11-17-40(39)42-19-14-15-21-44(42)47(45)32-38/h10-33H,9H2,1-8H3. The van der Waals surface area contributed by atoms with Gasteiger partial charge in [0.25, 0.3) is 0 Å². The van der Waals surface area contributed by atoms with Gasteiger partial charge >= 0.3 is 0 Å². The van der Waals surface area contributed by atoms with Gasteiger partial charge in [0.05, 0.1) is 0 Å². The van der Waals surface area contributed by atoms with Gasteiger partial charge in [-0.3, -0.25) is 0 Å². The number of hydrogen-bond acceptors (Lipinski definition) is 2. The van der Waals surface area contributed by atoms with E-state index < -0.39 is 0 Å². The Morgan fingerprint density at radius 2 is 0.885 bits per heavy atom. The molecule has 1 aliphatic carbocycles. The normalized spacial score (nSPS) is 14.5. The maximum Gasteiger partial charge on any atom is 0.139 e. The smallest absolute Gasteiger partial charge is 0.139 e. The summed E-state index contributed by atoms with van der Waals surface area (Å²) in [4.78, 5) is 0. The zero-order chi connectivity index (χ0) is 41.9. The maximum absolute atomic E-state index is 7.24. The summed E-state index contributed by atoms with van der Waals surface area (Å²) in [5.41, 5.74) is 23.8. The molecule has 0 amide bonds. The monoisotopic (exact) mass is 790 g/mol. The van der Waals surface area contributed by atoms with Crippen LogP contribution in [0.3, 0.4) is 0 Å². The third-order valence-corrected chi connectivity index (χ3v) is 14.1. The Morgan fingerprint density at radius 1 is 0.393 bits per heavy atom. The molecule has 8 aromatic carbocycles. The number of fused-ring (bicyclic) bond motifs is 12. The highest BCUT2D eigenvalue weighted by Crippen LogP contribution is 2.57. The summed E-state index contributed by atoms with van der Waals surface area (Å²) in [7, 11) is 0. The fourth-order valence-corrected chi connectivity index (χ4v) is 10.7. The van der Waals surface area contributed by atoms with Crippen LogP contribution in [0.15, 0.2) is 146 Å². The molecule has 0 N–H and O–H groups in total. The first-order valence-corrected chi connectivity index (χ1v) is 21.8. The molecule has 0 fully saturated rings. The van der Waals surface area contributed by atoms with E-state index in [1.807, 2.05) is 0 Å². The van der Waals surface area contributed by atoms with Gasteiger partial charge in [-0.1, -0.05) is 156 Å². The quantitative estimate of drug-likeness (QED) is 0.177. The molecular weight excluding hydrogens is 741 g/mol. The Bertz CT molecular complexity index is 3150. The summed E-state index contributed by atoms with van der Waals surface area (Å²) in [6.07, 6.45) is 0.901. The van der Waals surface area contributed by atoms with Gasteiger partial charge in [0.15, 0.2) is 0 Å². The molecule has 0 spiro atoms. The van der Waals surface area contributed by atoms with E-state index in [1.54, 1.807) is 0 Å². The summed E-state index contributed by atoms with van der Waals surface area (Å²) in [6.45, 7) is 18.2. The molecule has 0 bridgehead atoms. The van der Waals surface area contributed by atoms with Crippen LogP contribution in [0, 0.1) is 20.8 Å². The van der Waals surface area contributed by atoms with Crippen molar-refractivity contribution in [1.29, 1.82) is 0 Å². The molecule has 3 aliphatic rings. The number of ether oxygens (including phenoxy) is 2. The lowest BCUT2D eigenvalue weighted by atomic mass is 9.71. The van der Waals surface area contributed by atoms with Crippen molar-refractivity contribution in [3.05, 3.63) is 190 Å². The van der Waals surface area contributed by atoms with Crippen LogP contribution >= 0.6 is 0 Å². The lowest BCUT2D eigenvalue weighted by Crippen LogP contribution is -2.26. The van der Waals surface area contributed by atoms with Crippen molar-refractivity contribution in [2.75, 3.05) is 0 Å². The van der Waals surface area contributed by atoms with Crippen LogP contribution in [-0.2, 0) is 17.3 Å². The van der Waals surface area contributed by atoms with E-state index in [4.69, 9.17) is 9.47 Å². The maximum atomic E-state index is 7.24. The minimum atomic E-state index is -0.349. The van der Waals surface area contributed by atoms with Crippen molar-refractivity contribution in [3.63, 3.8) is 0 Å². The number of rotatable bonds is 3. The molecule has 61 heavy (non-hydrogen) atoms. The fourth-order valence-electron chi connectivity index (χ4n) is 10.7. The predicted molar refractivity (Wildman–Crippen MR) is 253 cm³/mol. The highest BCUT2D eigenvalue weighted by atomic mass is 16.5. The van der Waals surface area contributed by atoms with Crippen LogP contribution in [0.1, 0.15) is 79.1 Å². The van der Waals surface area contributed by atoms with Gasteiger partial charge in [-0.05, 0) is 129 Å². The SMILES string of the molecule is CCc1ccc2c(c1-c1cc3c(cc1C)Oc1c(ccc(C)c1-c1ccc4c(c1)-c1ccccc1-c1ccccc1-c1ccccc1-4)C3(C)C)Oc1cc(C)ccc1C2(C)C. The summed E-state index contributed by atoms with van der Waals surface area (Å²) < 4.78 is 14.2. The fraction of sp³-hybridized carbons (Fsp3) is 0.186. The van der Waals surface area contributed by atoms with Crippen molar-refractivity contribution in [3.8, 4) is 89.8 Å². The van der Waals surface area contributed by atoms with E-state index in [1.165, 1.54) is 100 Å². The van der Waals surface area contributed by atoms with Crippen LogP contribution in [0.25, 0.3) is 66.8 Å². The van der Waals surface area contributed by atoms with Gasteiger partial charge in [0.2, 0.25) is 0 Å². The molecule has 11 rings (SSSR count). The first-order chi connectivity index (χ1) is 29.4. The van der Waals surface area contributed by atoms with Crippen LogP contribution in [0.2, 0.25) is 0 Å². The van der Waals surface area contributed by atoms with Crippen LogP contribution in [-0.4, -0.2) is 0 Å². The molecule has 8 aromatic rings. The molecule has 0 saturated carbocycles. The molecule has 2 nitrogen and oxygen atoms in total. The second kappa shape index (κ2) is 13.4. The topological polar surface area (TPSA) is 18.5 Å². The molecule has 298 valence electrons. The molecule has 2 heteroatoms. The van der Waals surface area contributed by atoms with E-state index >= 15 is 0 Å². The molecule has 0 saturated heterocycles. The minimum absolute atomic E-state index is 0.208. The third kappa shape index (κ3) is 5.47. The minimum Gasteiger partial charge on any atom is -0.456 e.